The molecule has 0 spiro atoms. The summed E-state index contributed by atoms with van der Waals surface area (Å²) in [7, 11) is 0. The Hall–Kier alpha value is -0.920. The molecule has 0 fully saturated rings. The summed E-state index contributed by atoms with van der Waals surface area (Å²) >= 11 is 5.42. The van der Waals surface area contributed by atoms with E-state index in [9.17, 15) is 18.3 Å². The summed E-state index contributed by atoms with van der Waals surface area (Å²) in [5.74, 6) is 0. The largest absolute Gasteiger partial charge is 0.423 e. The van der Waals surface area contributed by atoms with Crippen LogP contribution in [0.5, 0.6) is 0 Å². The Balaban J connectivity index is 2.62. The Bertz CT molecular complexity index is 440. The van der Waals surface area contributed by atoms with Gasteiger partial charge in [0.05, 0.1) is 11.3 Å². The molecule has 2 atom stereocenters. The highest BCUT2D eigenvalue weighted by Crippen LogP contribution is 2.50. The molecule has 1 aromatic rings. The Morgan fingerprint density at radius 1 is 1.56 bits per heavy atom. The van der Waals surface area contributed by atoms with E-state index in [1.165, 1.54) is 0 Å². The highest BCUT2D eigenvalue weighted by Gasteiger charge is 2.61. The molecule has 2 unspecified atom stereocenters. The van der Waals surface area contributed by atoms with Crippen molar-refractivity contribution in [1.82, 2.24) is 9.97 Å². The molecule has 8 heteroatoms. The first kappa shape index (κ1) is 11.6. The van der Waals surface area contributed by atoms with Crippen molar-refractivity contribution in [1.29, 1.82) is 0 Å². The SMILES string of the molecule is CC1(C(F)(F)F)OC(O)c2cnc(Cl)nc21. The Labute approximate surface area is 93.0 Å². The number of aromatic nitrogens is 2. The van der Waals surface area contributed by atoms with E-state index in [-0.39, 0.29) is 10.8 Å². The number of hydrogen-bond acceptors (Lipinski definition) is 4. The fraction of sp³-hybridized carbons (Fsp3) is 0.500. The number of aliphatic hydroxyl groups is 1. The van der Waals surface area contributed by atoms with Crippen molar-refractivity contribution in [2.75, 3.05) is 0 Å². The van der Waals surface area contributed by atoms with Gasteiger partial charge >= 0.3 is 6.18 Å². The molecular weight excluding hydrogens is 249 g/mol. The van der Waals surface area contributed by atoms with Crippen molar-refractivity contribution in [3.05, 3.63) is 22.7 Å². The van der Waals surface area contributed by atoms with Gasteiger partial charge in [0.1, 0.15) is 0 Å². The average molecular weight is 255 g/mol. The maximum Gasteiger partial charge on any atom is 0.423 e. The lowest BCUT2D eigenvalue weighted by Crippen LogP contribution is -2.40. The van der Waals surface area contributed by atoms with Crippen molar-refractivity contribution in [2.45, 2.75) is 25.0 Å². The van der Waals surface area contributed by atoms with E-state index < -0.39 is 23.8 Å². The second kappa shape index (κ2) is 3.28. The second-order valence-electron chi connectivity index (χ2n) is 3.44. The van der Waals surface area contributed by atoms with E-state index in [4.69, 9.17) is 11.6 Å². The van der Waals surface area contributed by atoms with Crippen LogP contribution in [0.4, 0.5) is 13.2 Å². The van der Waals surface area contributed by atoms with Crippen molar-refractivity contribution in [3.63, 3.8) is 0 Å². The van der Waals surface area contributed by atoms with E-state index >= 15 is 0 Å². The predicted octanol–water partition coefficient (Wildman–Crippen LogP) is 1.93. The van der Waals surface area contributed by atoms with Crippen LogP contribution in [0, 0.1) is 0 Å². The van der Waals surface area contributed by atoms with Crippen LogP contribution in [-0.2, 0) is 10.3 Å². The average Bonchev–Trinajstić information content (AvgIpc) is 2.39. The van der Waals surface area contributed by atoms with E-state index in [1.54, 1.807) is 0 Å². The van der Waals surface area contributed by atoms with Crippen LogP contribution in [-0.4, -0.2) is 21.3 Å². The van der Waals surface area contributed by atoms with Crippen LogP contribution in [0.3, 0.4) is 0 Å². The molecule has 0 amide bonds. The molecule has 0 radical (unpaired) electrons. The summed E-state index contributed by atoms with van der Waals surface area (Å²) in [6.45, 7) is 0.783. The van der Waals surface area contributed by atoms with Gasteiger partial charge in [-0.1, -0.05) is 0 Å². The molecule has 4 nitrogen and oxygen atoms in total. The van der Waals surface area contributed by atoms with Gasteiger partial charge in [-0.25, -0.2) is 9.97 Å². The van der Waals surface area contributed by atoms with Crippen molar-refractivity contribution >= 4 is 11.6 Å². The lowest BCUT2D eigenvalue weighted by Gasteiger charge is -2.26. The zero-order chi connectivity index (χ0) is 12.1. The Kier molecular flexibility index (Phi) is 2.37. The molecule has 0 saturated carbocycles. The minimum atomic E-state index is -4.70. The number of fused-ring (bicyclic) bond motifs is 1. The molecule has 1 aliphatic heterocycles. The van der Waals surface area contributed by atoms with Gasteiger partial charge in [0, 0.05) is 6.20 Å². The first-order chi connectivity index (χ1) is 7.25. The predicted molar refractivity (Wildman–Crippen MR) is 46.5 cm³/mol. The Morgan fingerprint density at radius 3 is 2.75 bits per heavy atom. The van der Waals surface area contributed by atoms with Gasteiger partial charge in [0.25, 0.3) is 0 Å². The van der Waals surface area contributed by atoms with Gasteiger partial charge in [-0.15, -0.1) is 0 Å². The summed E-state index contributed by atoms with van der Waals surface area (Å²) < 4.78 is 42.9. The maximum absolute atomic E-state index is 12.8. The number of nitrogens with zero attached hydrogens (tertiary/aromatic N) is 2. The minimum absolute atomic E-state index is 0.121. The zero-order valence-electron chi connectivity index (χ0n) is 7.92. The zero-order valence-corrected chi connectivity index (χ0v) is 8.67. The molecule has 16 heavy (non-hydrogen) atoms. The van der Waals surface area contributed by atoms with Gasteiger partial charge in [-0.2, -0.15) is 13.2 Å². The van der Waals surface area contributed by atoms with Gasteiger partial charge in [-0.05, 0) is 18.5 Å². The van der Waals surface area contributed by atoms with Crippen LogP contribution in [0.1, 0.15) is 24.5 Å². The quantitative estimate of drug-likeness (QED) is 0.719. The number of rotatable bonds is 0. The van der Waals surface area contributed by atoms with E-state index in [2.05, 4.69) is 14.7 Å². The third kappa shape index (κ3) is 1.47. The highest BCUT2D eigenvalue weighted by molar-refractivity contribution is 6.28. The summed E-state index contributed by atoms with van der Waals surface area (Å²) in [4.78, 5) is 6.97. The Morgan fingerprint density at radius 2 is 2.19 bits per heavy atom. The smallest absolute Gasteiger partial charge is 0.364 e. The molecule has 0 aliphatic carbocycles. The summed E-state index contributed by atoms with van der Waals surface area (Å²) in [5.41, 5.74) is -3.23. The van der Waals surface area contributed by atoms with Crippen molar-refractivity contribution in [2.24, 2.45) is 0 Å². The van der Waals surface area contributed by atoms with E-state index in [0.717, 1.165) is 13.1 Å². The number of hydrogen-bond donors (Lipinski definition) is 1. The molecule has 0 saturated heterocycles. The van der Waals surface area contributed by atoms with Gasteiger partial charge < -0.3 is 9.84 Å². The van der Waals surface area contributed by atoms with Crippen molar-refractivity contribution in [3.8, 4) is 0 Å². The molecule has 1 aliphatic rings. The third-order valence-electron chi connectivity index (χ3n) is 2.39. The van der Waals surface area contributed by atoms with Crippen LogP contribution < -0.4 is 0 Å². The van der Waals surface area contributed by atoms with E-state index in [1.807, 2.05) is 0 Å². The minimum Gasteiger partial charge on any atom is -0.364 e. The number of ether oxygens (including phenoxy) is 1. The molecule has 1 aromatic heterocycles. The summed E-state index contributed by atoms with van der Waals surface area (Å²) in [5, 5.41) is 9.00. The molecule has 2 heterocycles. The summed E-state index contributed by atoms with van der Waals surface area (Å²) in [6, 6.07) is 0. The van der Waals surface area contributed by atoms with Gasteiger partial charge in [0.2, 0.25) is 10.9 Å². The monoisotopic (exact) mass is 254 g/mol. The van der Waals surface area contributed by atoms with Crippen molar-refractivity contribution < 1.29 is 23.0 Å². The number of alkyl halides is 3. The van der Waals surface area contributed by atoms with Crippen LogP contribution in [0.25, 0.3) is 0 Å². The first-order valence-electron chi connectivity index (χ1n) is 4.21. The number of aliphatic hydroxyl groups excluding tert-OH is 1. The first-order valence-corrected chi connectivity index (χ1v) is 4.59. The maximum atomic E-state index is 12.8. The van der Waals surface area contributed by atoms with E-state index in [0.29, 0.717) is 0 Å². The fourth-order valence-corrected chi connectivity index (χ4v) is 1.61. The molecule has 0 bridgehead atoms. The van der Waals surface area contributed by atoms with Crippen LogP contribution in [0.15, 0.2) is 6.20 Å². The fourth-order valence-electron chi connectivity index (χ4n) is 1.48. The normalized spacial score (nSPS) is 29.2. The molecule has 2 rings (SSSR count). The molecule has 0 aromatic carbocycles. The molecule has 1 N–H and O–H groups in total. The molecule has 88 valence electrons. The standard InChI is InChI=1S/C8H6ClF3N2O2/c1-7(8(10,11)12)4-3(5(15)16-7)2-13-6(9)14-4/h2,5,15H,1H3. The topological polar surface area (TPSA) is 55.2 Å². The van der Waals surface area contributed by atoms with Gasteiger partial charge in [0.15, 0.2) is 6.29 Å². The number of halogens is 4. The molecular formula is C8H6ClF3N2O2. The highest BCUT2D eigenvalue weighted by atomic mass is 35.5. The lowest BCUT2D eigenvalue weighted by molar-refractivity contribution is -0.307. The van der Waals surface area contributed by atoms with Crippen LogP contribution >= 0.6 is 11.6 Å². The van der Waals surface area contributed by atoms with Crippen LogP contribution in [0.2, 0.25) is 5.28 Å². The lowest BCUT2D eigenvalue weighted by atomic mass is 10.0. The van der Waals surface area contributed by atoms with Gasteiger partial charge in [-0.3, -0.25) is 0 Å². The second-order valence-corrected chi connectivity index (χ2v) is 3.78. The summed E-state index contributed by atoms with van der Waals surface area (Å²) in [6.07, 6.45) is -5.37. The third-order valence-corrected chi connectivity index (χ3v) is 2.58.